The number of hydrogen-bond donors (Lipinski definition) is 2. The maximum atomic E-state index is 9.85. The van der Waals surface area contributed by atoms with E-state index >= 15 is 0 Å². The van der Waals surface area contributed by atoms with E-state index in [1.807, 2.05) is 0 Å². The first-order chi connectivity index (χ1) is 8.99. The molecule has 0 aliphatic carbocycles. The van der Waals surface area contributed by atoms with Crippen molar-refractivity contribution in [3.63, 3.8) is 0 Å². The summed E-state index contributed by atoms with van der Waals surface area (Å²) >= 11 is 0. The van der Waals surface area contributed by atoms with Gasteiger partial charge in [0.15, 0.2) is 0 Å². The van der Waals surface area contributed by atoms with E-state index in [2.05, 4.69) is 33.0 Å². The number of aliphatic hydroxyl groups is 1. The Morgan fingerprint density at radius 1 is 1.37 bits per heavy atom. The Bertz CT molecular complexity index is 235. The van der Waals surface area contributed by atoms with Gasteiger partial charge in [-0.1, -0.05) is 13.8 Å². The Morgan fingerprint density at radius 2 is 2.11 bits per heavy atom. The van der Waals surface area contributed by atoms with Gasteiger partial charge in [0.25, 0.3) is 0 Å². The van der Waals surface area contributed by atoms with Gasteiger partial charge in [-0.15, -0.1) is 0 Å². The molecule has 114 valence electrons. The Balaban J connectivity index is 2.02. The van der Waals surface area contributed by atoms with Crippen LogP contribution in [-0.4, -0.2) is 49.7 Å². The molecule has 0 spiro atoms. The molecule has 0 saturated carbocycles. The molecule has 19 heavy (non-hydrogen) atoms. The molecule has 4 heteroatoms. The molecule has 0 aromatic carbocycles. The van der Waals surface area contributed by atoms with Gasteiger partial charge in [-0.05, 0) is 38.5 Å². The molecule has 2 N–H and O–H groups in total. The van der Waals surface area contributed by atoms with E-state index in [0.717, 1.165) is 26.0 Å². The summed E-state index contributed by atoms with van der Waals surface area (Å²) in [6, 6.07) is 0. The fraction of sp³-hybridized carbons (Fsp3) is 1.00. The van der Waals surface area contributed by atoms with Crippen molar-refractivity contribution in [2.24, 2.45) is 11.8 Å². The molecule has 0 aromatic heterocycles. The quantitative estimate of drug-likeness (QED) is 0.673. The lowest BCUT2D eigenvalue weighted by molar-refractivity contribution is -0.00890. The van der Waals surface area contributed by atoms with Crippen molar-refractivity contribution in [1.82, 2.24) is 5.32 Å². The van der Waals surface area contributed by atoms with Crippen molar-refractivity contribution in [2.75, 3.05) is 26.3 Å². The average molecular weight is 273 g/mol. The van der Waals surface area contributed by atoms with E-state index < -0.39 is 6.10 Å². The second kappa shape index (κ2) is 8.90. The van der Waals surface area contributed by atoms with Gasteiger partial charge in [-0.3, -0.25) is 0 Å². The molecule has 1 aliphatic rings. The molecule has 0 aromatic rings. The summed E-state index contributed by atoms with van der Waals surface area (Å²) < 4.78 is 11.2. The normalized spacial score (nSPS) is 26.8. The predicted octanol–water partition coefficient (Wildman–Crippen LogP) is 1.81. The first-order valence-electron chi connectivity index (χ1n) is 7.61. The summed E-state index contributed by atoms with van der Waals surface area (Å²) in [5.41, 5.74) is 0. The summed E-state index contributed by atoms with van der Waals surface area (Å²) in [4.78, 5) is 0. The first-order valence-corrected chi connectivity index (χ1v) is 7.61. The molecule has 4 unspecified atom stereocenters. The number of rotatable bonds is 9. The molecule has 4 nitrogen and oxygen atoms in total. The monoisotopic (exact) mass is 273 g/mol. The van der Waals surface area contributed by atoms with Crippen molar-refractivity contribution in [1.29, 1.82) is 0 Å². The summed E-state index contributed by atoms with van der Waals surface area (Å²) in [5.74, 6) is 1.21. The summed E-state index contributed by atoms with van der Waals surface area (Å²) in [6.07, 6.45) is 2.29. The van der Waals surface area contributed by atoms with Crippen molar-refractivity contribution in [3.05, 3.63) is 0 Å². The van der Waals surface area contributed by atoms with E-state index in [9.17, 15) is 5.11 Å². The molecular weight excluding hydrogens is 242 g/mol. The maximum Gasteiger partial charge on any atom is 0.0897 e. The molecule has 0 radical (unpaired) electrons. The van der Waals surface area contributed by atoms with Crippen molar-refractivity contribution in [2.45, 2.75) is 58.8 Å². The molecule has 1 saturated heterocycles. The van der Waals surface area contributed by atoms with Gasteiger partial charge < -0.3 is 19.9 Å². The highest BCUT2D eigenvalue weighted by molar-refractivity contribution is 4.75. The van der Waals surface area contributed by atoms with E-state index in [1.54, 1.807) is 0 Å². The van der Waals surface area contributed by atoms with Crippen molar-refractivity contribution >= 4 is 0 Å². The number of hydrogen-bond acceptors (Lipinski definition) is 4. The van der Waals surface area contributed by atoms with Crippen LogP contribution in [0.5, 0.6) is 0 Å². The molecule has 0 amide bonds. The fourth-order valence-corrected chi connectivity index (χ4v) is 2.55. The topological polar surface area (TPSA) is 50.7 Å². The molecular formula is C15H31NO3. The predicted molar refractivity (Wildman–Crippen MR) is 77.3 cm³/mol. The lowest BCUT2D eigenvalue weighted by atomic mass is 10.0. The highest BCUT2D eigenvalue weighted by Crippen LogP contribution is 2.19. The highest BCUT2D eigenvalue weighted by Gasteiger charge is 2.23. The third kappa shape index (κ3) is 7.25. The zero-order valence-corrected chi connectivity index (χ0v) is 12.9. The van der Waals surface area contributed by atoms with Crippen LogP contribution in [0.3, 0.4) is 0 Å². The minimum Gasteiger partial charge on any atom is -0.389 e. The van der Waals surface area contributed by atoms with E-state index in [-0.39, 0.29) is 6.10 Å². The Morgan fingerprint density at radius 3 is 2.68 bits per heavy atom. The second-order valence-electron chi connectivity index (χ2n) is 6.21. The molecule has 1 aliphatic heterocycles. The van der Waals surface area contributed by atoms with Crippen molar-refractivity contribution < 1.29 is 14.6 Å². The Kier molecular flexibility index (Phi) is 7.91. The standard InChI is InChI=1S/C15H31NO3/c1-11(2)7-12(3)19-10-15(17)9-16-8-14-5-6-18-13(14)4/h11-17H,5-10H2,1-4H3. The van der Waals surface area contributed by atoms with Crippen molar-refractivity contribution in [3.8, 4) is 0 Å². The maximum absolute atomic E-state index is 9.85. The average Bonchev–Trinajstić information content (AvgIpc) is 2.72. The molecule has 4 atom stereocenters. The molecule has 1 fully saturated rings. The van der Waals surface area contributed by atoms with E-state index in [1.165, 1.54) is 0 Å². The van der Waals surface area contributed by atoms with Crippen LogP contribution < -0.4 is 5.32 Å². The Labute approximate surface area is 117 Å². The van der Waals surface area contributed by atoms with Gasteiger partial charge >= 0.3 is 0 Å². The first kappa shape index (κ1) is 16.9. The van der Waals surface area contributed by atoms with Gasteiger partial charge in [0.2, 0.25) is 0 Å². The zero-order chi connectivity index (χ0) is 14.3. The zero-order valence-electron chi connectivity index (χ0n) is 12.9. The number of aliphatic hydroxyl groups excluding tert-OH is 1. The smallest absolute Gasteiger partial charge is 0.0897 e. The number of nitrogens with one attached hydrogen (secondary N) is 1. The third-order valence-corrected chi connectivity index (χ3v) is 3.70. The second-order valence-corrected chi connectivity index (χ2v) is 6.21. The van der Waals surface area contributed by atoms with E-state index in [4.69, 9.17) is 9.47 Å². The van der Waals surface area contributed by atoms with Crippen LogP contribution in [0.1, 0.15) is 40.5 Å². The van der Waals surface area contributed by atoms with Gasteiger partial charge in [0.05, 0.1) is 24.9 Å². The van der Waals surface area contributed by atoms with Gasteiger partial charge in [-0.25, -0.2) is 0 Å². The summed E-state index contributed by atoms with van der Waals surface area (Å²) in [5, 5.41) is 13.2. The van der Waals surface area contributed by atoms with Crippen LogP contribution in [-0.2, 0) is 9.47 Å². The number of ether oxygens (including phenoxy) is 2. The summed E-state index contributed by atoms with van der Waals surface area (Å²) in [6.45, 7) is 11.3. The van der Waals surface area contributed by atoms with Crippen LogP contribution in [0.25, 0.3) is 0 Å². The molecule has 1 heterocycles. The molecule has 0 bridgehead atoms. The largest absolute Gasteiger partial charge is 0.389 e. The third-order valence-electron chi connectivity index (χ3n) is 3.70. The SMILES string of the molecule is CC(C)CC(C)OCC(O)CNCC1CCOC1C. The Hall–Kier alpha value is -0.160. The van der Waals surface area contributed by atoms with Gasteiger partial charge in [0, 0.05) is 19.7 Å². The minimum absolute atomic E-state index is 0.220. The van der Waals surface area contributed by atoms with Crippen LogP contribution in [0.2, 0.25) is 0 Å². The highest BCUT2D eigenvalue weighted by atomic mass is 16.5. The van der Waals surface area contributed by atoms with Crippen LogP contribution in [0, 0.1) is 11.8 Å². The fourth-order valence-electron chi connectivity index (χ4n) is 2.55. The van der Waals surface area contributed by atoms with E-state index in [0.29, 0.717) is 31.1 Å². The van der Waals surface area contributed by atoms with Gasteiger partial charge in [0.1, 0.15) is 0 Å². The van der Waals surface area contributed by atoms with Gasteiger partial charge in [-0.2, -0.15) is 0 Å². The van der Waals surface area contributed by atoms with Crippen LogP contribution >= 0.6 is 0 Å². The summed E-state index contributed by atoms with van der Waals surface area (Å²) in [7, 11) is 0. The van der Waals surface area contributed by atoms with Crippen LogP contribution in [0.4, 0.5) is 0 Å². The minimum atomic E-state index is -0.424. The van der Waals surface area contributed by atoms with Crippen LogP contribution in [0.15, 0.2) is 0 Å². The lowest BCUT2D eigenvalue weighted by Crippen LogP contribution is -2.35. The molecule has 1 rings (SSSR count). The lowest BCUT2D eigenvalue weighted by Gasteiger charge is -2.19.